The summed E-state index contributed by atoms with van der Waals surface area (Å²) in [5.74, 6) is 0.0439. The number of aromatic amines is 1. The highest BCUT2D eigenvalue weighted by molar-refractivity contribution is 5.83. The third-order valence-electron chi connectivity index (χ3n) is 7.09. The number of fused-ring (bicyclic) bond motifs is 2. The van der Waals surface area contributed by atoms with E-state index in [-0.39, 0.29) is 18.1 Å². The first-order chi connectivity index (χ1) is 15.0. The number of para-hydroxylation sites is 1. The van der Waals surface area contributed by atoms with Crippen LogP contribution in [0, 0.1) is 17.8 Å². The standard InChI is InChI=1S/C25H34N2O4/c1-15(2)14-29-24-22-20-11-18(12-25(22,28-4)31-23(30-24)16(20)3)26-10-9-17-13-27-21-8-6-5-7-19(17)21/h5-8,13,15,18,20,22-24,26-27H,3,9-12,14H2,1-2,4H3/t18-,20-,22+,23-,24+,25+/m0/s1. The quantitative estimate of drug-likeness (QED) is 0.625. The molecule has 3 saturated heterocycles. The SMILES string of the molecule is C=C1[C@H]2O[C@@H](OCC(C)C)[C@H]3[C@H]1C[C@H](NCCc1c[nH]c4ccccc14)C[C@@]3(OC)O2. The minimum absolute atomic E-state index is 0.0143. The number of hydrogen-bond donors (Lipinski definition) is 2. The van der Waals surface area contributed by atoms with E-state index in [2.05, 4.69) is 61.2 Å². The maximum atomic E-state index is 6.31. The minimum Gasteiger partial charge on any atom is -0.361 e. The molecule has 2 aromatic rings. The highest BCUT2D eigenvalue weighted by Gasteiger charge is 2.64. The Morgan fingerprint density at radius 1 is 1.32 bits per heavy atom. The molecular weight excluding hydrogens is 392 g/mol. The molecule has 3 aliphatic heterocycles. The van der Waals surface area contributed by atoms with Crippen molar-refractivity contribution in [1.29, 1.82) is 0 Å². The Kier molecular flexibility index (Phi) is 5.69. The predicted molar refractivity (Wildman–Crippen MR) is 119 cm³/mol. The molecule has 1 aromatic heterocycles. The molecule has 1 aliphatic carbocycles. The van der Waals surface area contributed by atoms with Crippen molar-refractivity contribution in [3.63, 3.8) is 0 Å². The van der Waals surface area contributed by atoms with Crippen LogP contribution in [0.25, 0.3) is 10.9 Å². The van der Waals surface area contributed by atoms with Crippen molar-refractivity contribution in [2.75, 3.05) is 20.3 Å². The fraction of sp³-hybridized carbons (Fsp3) is 0.600. The van der Waals surface area contributed by atoms with E-state index >= 15 is 0 Å². The van der Waals surface area contributed by atoms with Crippen LogP contribution < -0.4 is 5.32 Å². The van der Waals surface area contributed by atoms with Gasteiger partial charge in [0.1, 0.15) is 0 Å². The average Bonchev–Trinajstić information content (AvgIpc) is 3.18. The summed E-state index contributed by atoms with van der Waals surface area (Å²) in [5.41, 5.74) is 3.55. The largest absolute Gasteiger partial charge is 0.361 e. The van der Waals surface area contributed by atoms with E-state index in [1.54, 1.807) is 7.11 Å². The summed E-state index contributed by atoms with van der Waals surface area (Å²) in [6.07, 6.45) is 4.14. The van der Waals surface area contributed by atoms with Crippen LogP contribution in [0.1, 0.15) is 32.3 Å². The van der Waals surface area contributed by atoms with Gasteiger partial charge in [0.15, 0.2) is 18.4 Å². The van der Waals surface area contributed by atoms with Crippen molar-refractivity contribution < 1.29 is 18.9 Å². The van der Waals surface area contributed by atoms with Crippen LogP contribution in [-0.2, 0) is 25.4 Å². The molecule has 6 rings (SSSR count). The average molecular weight is 427 g/mol. The summed E-state index contributed by atoms with van der Waals surface area (Å²) >= 11 is 0. The maximum absolute atomic E-state index is 6.31. The van der Waals surface area contributed by atoms with E-state index in [0.717, 1.165) is 31.4 Å². The zero-order chi connectivity index (χ0) is 21.6. The number of methoxy groups -OCH3 is 1. The van der Waals surface area contributed by atoms with Gasteiger partial charge < -0.3 is 29.2 Å². The van der Waals surface area contributed by atoms with Crippen molar-refractivity contribution in [3.05, 3.63) is 48.2 Å². The molecule has 6 nitrogen and oxygen atoms in total. The van der Waals surface area contributed by atoms with Crippen LogP contribution >= 0.6 is 0 Å². The number of H-pyrrole nitrogens is 1. The summed E-state index contributed by atoms with van der Waals surface area (Å²) in [6, 6.07) is 8.75. The molecule has 4 fully saturated rings. The molecule has 1 saturated carbocycles. The topological polar surface area (TPSA) is 64.7 Å². The molecule has 2 N–H and O–H groups in total. The zero-order valence-corrected chi connectivity index (χ0v) is 18.7. The van der Waals surface area contributed by atoms with E-state index < -0.39 is 12.1 Å². The molecule has 0 spiro atoms. The minimum atomic E-state index is -0.687. The number of aromatic nitrogens is 1. The number of benzene rings is 1. The van der Waals surface area contributed by atoms with Crippen LogP contribution in [-0.4, -0.2) is 49.7 Å². The second-order valence-corrected chi connectivity index (χ2v) is 9.60. The predicted octanol–water partition coefficient (Wildman–Crippen LogP) is 3.98. The molecule has 4 bridgehead atoms. The van der Waals surface area contributed by atoms with Gasteiger partial charge >= 0.3 is 0 Å². The highest BCUT2D eigenvalue weighted by atomic mass is 16.8. The van der Waals surface area contributed by atoms with E-state index in [1.165, 1.54) is 16.5 Å². The first-order valence-corrected chi connectivity index (χ1v) is 11.5. The van der Waals surface area contributed by atoms with Crippen molar-refractivity contribution in [3.8, 4) is 0 Å². The monoisotopic (exact) mass is 426 g/mol. The number of rotatable bonds is 8. The van der Waals surface area contributed by atoms with Gasteiger partial charge in [0, 0.05) is 36.7 Å². The van der Waals surface area contributed by atoms with Crippen molar-refractivity contribution >= 4 is 10.9 Å². The molecule has 0 amide bonds. The van der Waals surface area contributed by atoms with Gasteiger partial charge in [-0.3, -0.25) is 0 Å². The third-order valence-corrected chi connectivity index (χ3v) is 7.09. The summed E-state index contributed by atoms with van der Waals surface area (Å²) in [5, 5.41) is 5.06. The first kappa shape index (κ1) is 21.2. The first-order valence-electron chi connectivity index (χ1n) is 11.5. The Balaban J connectivity index is 1.26. The lowest BCUT2D eigenvalue weighted by atomic mass is 9.66. The third kappa shape index (κ3) is 3.74. The van der Waals surface area contributed by atoms with Crippen LogP contribution in [0.15, 0.2) is 42.6 Å². The Bertz CT molecular complexity index is 940. The van der Waals surface area contributed by atoms with Gasteiger partial charge in [0.2, 0.25) is 0 Å². The van der Waals surface area contributed by atoms with Crippen molar-refractivity contribution in [2.24, 2.45) is 17.8 Å². The molecular formula is C25H34N2O4. The molecule has 6 atom stereocenters. The number of ether oxygens (including phenoxy) is 4. The lowest BCUT2D eigenvalue weighted by molar-refractivity contribution is -0.448. The van der Waals surface area contributed by atoms with Crippen LogP contribution in [0.4, 0.5) is 0 Å². The molecule has 1 aromatic carbocycles. The van der Waals surface area contributed by atoms with Gasteiger partial charge in [-0.05, 0) is 48.4 Å². The Hall–Kier alpha value is -1.70. The van der Waals surface area contributed by atoms with Gasteiger partial charge in [-0.1, -0.05) is 38.6 Å². The molecule has 6 heteroatoms. The Labute approximate surface area is 184 Å². The van der Waals surface area contributed by atoms with Crippen molar-refractivity contribution in [2.45, 2.75) is 57.5 Å². The van der Waals surface area contributed by atoms with E-state index in [1.807, 2.05) is 0 Å². The van der Waals surface area contributed by atoms with Crippen molar-refractivity contribution in [1.82, 2.24) is 10.3 Å². The lowest BCUT2D eigenvalue weighted by Gasteiger charge is -2.61. The summed E-state index contributed by atoms with van der Waals surface area (Å²) in [4.78, 5) is 3.37. The van der Waals surface area contributed by atoms with Gasteiger partial charge in [-0.2, -0.15) is 0 Å². The van der Waals surface area contributed by atoms with Gasteiger partial charge in [0.05, 0.1) is 12.5 Å². The molecule has 31 heavy (non-hydrogen) atoms. The molecule has 168 valence electrons. The fourth-order valence-electron chi connectivity index (χ4n) is 5.58. The molecule has 0 radical (unpaired) electrons. The second-order valence-electron chi connectivity index (χ2n) is 9.60. The maximum Gasteiger partial charge on any atom is 0.186 e. The summed E-state index contributed by atoms with van der Waals surface area (Å²) < 4.78 is 24.6. The Morgan fingerprint density at radius 2 is 2.16 bits per heavy atom. The van der Waals surface area contributed by atoms with Gasteiger partial charge in [-0.15, -0.1) is 0 Å². The second kappa shape index (κ2) is 8.34. The molecule has 4 heterocycles. The fourth-order valence-corrected chi connectivity index (χ4v) is 5.58. The molecule has 4 aliphatic rings. The van der Waals surface area contributed by atoms with Gasteiger partial charge in [0.25, 0.3) is 0 Å². The zero-order valence-electron chi connectivity index (χ0n) is 18.7. The van der Waals surface area contributed by atoms with E-state index in [9.17, 15) is 0 Å². The smallest absolute Gasteiger partial charge is 0.186 e. The van der Waals surface area contributed by atoms with Crippen LogP contribution in [0.2, 0.25) is 0 Å². The summed E-state index contributed by atoms with van der Waals surface area (Å²) in [7, 11) is 1.74. The van der Waals surface area contributed by atoms with E-state index in [0.29, 0.717) is 18.6 Å². The van der Waals surface area contributed by atoms with Gasteiger partial charge in [-0.25, -0.2) is 0 Å². The molecule has 0 unspecified atom stereocenters. The highest BCUT2D eigenvalue weighted by Crippen LogP contribution is 2.56. The Morgan fingerprint density at radius 3 is 2.97 bits per heavy atom. The lowest BCUT2D eigenvalue weighted by Crippen LogP contribution is -2.69. The normalized spacial score (nSPS) is 34.7. The van der Waals surface area contributed by atoms with Crippen LogP contribution in [0.3, 0.4) is 0 Å². The number of nitrogens with one attached hydrogen (secondary N) is 2. The summed E-state index contributed by atoms with van der Waals surface area (Å²) in [6.45, 7) is 10.2. The number of hydrogen-bond acceptors (Lipinski definition) is 5. The van der Waals surface area contributed by atoms with Crippen LogP contribution in [0.5, 0.6) is 0 Å². The van der Waals surface area contributed by atoms with E-state index in [4.69, 9.17) is 18.9 Å².